The minimum atomic E-state index is -0.510. The van der Waals surface area contributed by atoms with Crippen molar-refractivity contribution in [2.24, 2.45) is 0 Å². The zero-order valence-corrected chi connectivity index (χ0v) is 18.0. The van der Waals surface area contributed by atoms with Gasteiger partial charge < -0.3 is 23.8 Å². The van der Waals surface area contributed by atoms with Crippen LogP contribution in [0.5, 0.6) is 11.5 Å². The molecule has 0 amide bonds. The third-order valence-corrected chi connectivity index (χ3v) is 7.41. The van der Waals surface area contributed by atoms with Crippen molar-refractivity contribution < 1.29 is 18.9 Å². The van der Waals surface area contributed by atoms with Gasteiger partial charge in [-0.2, -0.15) is 0 Å². The van der Waals surface area contributed by atoms with Crippen LogP contribution in [0.3, 0.4) is 0 Å². The Kier molecular flexibility index (Phi) is 4.96. The first kappa shape index (κ1) is 19.8. The summed E-state index contributed by atoms with van der Waals surface area (Å²) in [6, 6.07) is 10.8. The summed E-state index contributed by atoms with van der Waals surface area (Å²) in [5.74, 6) is 1.06. The number of hydrogen-bond donors (Lipinski definition) is 0. The van der Waals surface area contributed by atoms with Gasteiger partial charge in [-0.05, 0) is 50.2 Å². The first-order chi connectivity index (χ1) is 14.6. The van der Waals surface area contributed by atoms with Crippen molar-refractivity contribution in [3.8, 4) is 11.5 Å². The highest BCUT2D eigenvalue weighted by Gasteiger charge is 2.57. The lowest BCUT2D eigenvalue weighted by molar-refractivity contribution is -0.204. The van der Waals surface area contributed by atoms with Crippen molar-refractivity contribution in [3.63, 3.8) is 0 Å². The van der Waals surface area contributed by atoms with E-state index in [9.17, 15) is 0 Å². The molecular formula is C24H30N2O4. The third kappa shape index (κ3) is 3.09. The molecule has 6 heteroatoms. The molecule has 0 bridgehead atoms. The lowest BCUT2D eigenvalue weighted by Crippen LogP contribution is -2.52. The van der Waals surface area contributed by atoms with E-state index in [1.165, 1.54) is 5.56 Å². The van der Waals surface area contributed by atoms with Crippen LogP contribution >= 0.6 is 0 Å². The fourth-order valence-corrected chi connectivity index (χ4v) is 5.72. The Balaban J connectivity index is 1.42. The van der Waals surface area contributed by atoms with Crippen LogP contribution in [0.4, 0.5) is 0 Å². The largest absolute Gasteiger partial charge is 0.493 e. The molecule has 0 radical (unpaired) electrons. The van der Waals surface area contributed by atoms with Gasteiger partial charge in [-0.1, -0.05) is 12.1 Å². The number of nitrogens with zero attached hydrogens (tertiary/aromatic N) is 2. The number of fused-ring (bicyclic) bond motifs is 1. The average molecular weight is 411 g/mol. The molecule has 1 saturated carbocycles. The second-order valence-electron chi connectivity index (χ2n) is 8.79. The molecule has 4 atom stereocenters. The Labute approximate surface area is 178 Å². The Bertz CT molecular complexity index is 907. The Hall–Kier alpha value is -2.15. The van der Waals surface area contributed by atoms with Crippen molar-refractivity contribution in [1.82, 2.24) is 9.88 Å². The number of pyridine rings is 1. The number of likely N-dealkylation sites (N-methyl/N-ethyl adjacent to an activating group) is 1. The lowest BCUT2D eigenvalue weighted by Gasteiger charge is -2.48. The van der Waals surface area contributed by atoms with Gasteiger partial charge in [0.15, 0.2) is 17.3 Å². The molecule has 0 N–H and O–H groups in total. The zero-order valence-electron chi connectivity index (χ0n) is 18.0. The molecule has 2 aliphatic heterocycles. The second-order valence-corrected chi connectivity index (χ2v) is 8.79. The van der Waals surface area contributed by atoms with Gasteiger partial charge >= 0.3 is 0 Å². The van der Waals surface area contributed by atoms with Crippen LogP contribution in [0.1, 0.15) is 42.9 Å². The predicted molar refractivity (Wildman–Crippen MR) is 113 cm³/mol. The topological polar surface area (TPSA) is 53.1 Å². The van der Waals surface area contributed by atoms with E-state index in [-0.39, 0.29) is 11.5 Å². The number of benzene rings is 1. The maximum Gasteiger partial charge on any atom is 0.170 e. The maximum atomic E-state index is 6.56. The molecule has 1 spiro atoms. The molecule has 3 fully saturated rings. The molecular weight excluding hydrogens is 380 g/mol. The summed E-state index contributed by atoms with van der Waals surface area (Å²) in [6.45, 7) is 1.66. The Morgan fingerprint density at radius 3 is 2.73 bits per heavy atom. The summed E-state index contributed by atoms with van der Waals surface area (Å²) in [7, 11) is 5.60. The molecule has 2 saturated heterocycles. The lowest BCUT2D eigenvalue weighted by atomic mass is 9.64. The van der Waals surface area contributed by atoms with Crippen LogP contribution in [-0.2, 0) is 14.9 Å². The number of ether oxygens (including phenoxy) is 4. The summed E-state index contributed by atoms with van der Waals surface area (Å²) in [6.07, 6.45) is 7.55. The zero-order chi connectivity index (χ0) is 20.8. The summed E-state index contributed by atoms with van der Waals surface area (Å²) < 4.78 is 24.0. The van der Waals surface area contributed by atoms with Crippen LogP contribution in [0, 0.1) is 0 Å². The summed E-state index contributed by atoms with van der Waals surface area (Å²) in [5.41, 5.74) is 2.50. The molecule has 1 aromatic heterocycles. The predicted octanol–water partition coefficient (Wildman–Crippen LogP) is 3.71. The molecule has 2 aromatic rings. The highest BCUT2D eigenvalue weighted by Crippen LogP contribution is 2.55. The monoisotopic (exact) mass is 410 g/mol. The number of methoxy groups -OCH3 is 2. The van der Waals surface area contributed by atoms with Gasteiger partial charge in [-0.3, -0.25) is 4.98 Å². The van der Waals surface area contributed by atoms with Crippen LogP contribution in [-0.4, -0.2) is 56.1 Å². The van der Waals surface area contributed by atoms with Crippen molar-refractivity contribution in [2.75, 3.05) is 34.4 Å². The van der Waals surface area contributed by atoms with E-state index in [4.69, 9.17) is 18.9 Å². The number of likely N-dealkylation sites (tertiary alicyclic amines) is 1. The van der Waals surface area contributed by atoms with E-state index >= 15 is 0 Å². The minimum absolute atomic E-state index is 0.0426. The molecule has 1 unspecified atom stereocenters. The van der Waals surface area contributed by atoms with E-state index in [1.54, 1.807) is 20.4 Å². The molecule has 6 nitrogen and oxygen atoms in total. The van der Waals surface area contributed by atoms with Crippen molar-refractivity contribution in [2.45, 2.75) is 49.0 Å². The SMILES string of the molecule is COc1ccc([C@]23CCN(C)[C@H]2CC2(CC3)OC[C@H](c3cccnc3)O2)cc1OC. The molecule has 1 aliphatic carbocycles. The van der Waals surface area contributed by atoms with Gasteiger partial charge in [0, 0.05) is 42.3 Å². The number of hydrogen-bond acceptors (Lipinski definition) is 6. The van der Waals surface area contributed by atoms with Gasteiger partial charge in [0.25, 0.3) is 0 Å². The van der Waals surface area contributed by atoms with E-state index < -0.39 is 5.79 Å². The van der Waals surface area contributed by atoms with Gasteiger partial charge in [-0.15, -0.1) is 0 Å². The summed E-state index contributed by atoms with van der Waals surface area (Å²) in [5, 5.41) is 0. The van der Waals surface area contributed by atoms with Crippen molar-refractivity contribution in [3.05, 3.63) is 53.9 Å². The molecule has 1 aromatic carbocycles. The van der Waals surface area contributed by atoms with Crippen LogP contribution in [0.2, 0.25) is 0 Å². The fraction of sp³-hybridized carbons (Fsp3) is 0.542. The van der Waals surface area contributed by atoms with Crippen molar-refractivity contribution in [1.29, 1.82) is 0 Å². The van der Waals surface area contributed by atoms with Crippen LogP contribution in [0.25, 0.3) is 0 Å². The number of rotatable bonds is 4. The summed E-state index contributed by atoms with van der Waals surface area (Å²) in [4.78, 5) is 6.72. The first-order valence-electron chi connectivity index (χ1n) is 10.7. The first-order valence-corrected chi connectivity index (χ1v) is 10.7. The standard InChI is InChI=1S/C24H30N2O4/c1-26-12-10-23(18-6-7-19(27-2)20(13-18)28-3)8-9-24(14-22(23)26)29-16-21(30-24)17-5-4-11-25-15-17/h4-7,11,13,15,21-22H,8-10,12,14,16H2,1-3H3/t21-,22+,23+,24?/m1/s1. The maximum absolute atomic E-state index is 6.56. The third-order valence-electron chi connectivity index (χ3n) is 7.41. The smallest absolute Gasteiger partial charge is 0.170 e. The molecule has 3 heterocycles. The van der Waals surface area contributed by atoms with Gasteiger partial charge in [-0.25, -0.2) is 0 Å². The number of aromatic nitrogens is 1. The normalized spacial score (nSPS) is 33.6. The molecule has 160 valence electrons. The van der Waals surface area contributed by atoms with Crippen molar-refractivity contribution >= 4 is 0 Å². The molecule has 30 heavy (non-hydrogen) atoms. The summed E-state index contributed by atoms with van der Waals surface area (Å²) >= 11 is 0. The Morgan fingerprint density at radius 2 is 1.97 bits per heavy atom. The van der Waals surface area contributed by atoms with E-state index in [1.807, 2.05) is 18.3 Å². The Morgan fingerprint density at radius 1 is 1.10 bits per heavy atom. The molecule has 3 aliphatic rings. The molecule has 5 rings (SSSR count). The minimum Gasteiger partial charge on any atom is -0.493 e. The average Bonchev–Trinajstić information content (AvgIpc) is 3.36. The quantitative estimate of drug-likeness (QED) is 0.766. The van der Waals surface area contributed by atoms with Gasteiger partial charge in [0.2, 0.25) is 0 Å². The van der Waals surface area contributed by atoms with Crippen LogP contribution in [0.15, 0.2) is 42.7 Å². The highest BCUT2D eigenvalue weighted by atomic mass is 16.7. The van der Waals surface area contributed by atoms with Gasteiger partial charge in [0.1, 0.15) is 6.10 Å². The van der Waals surface area contributed by atoms with E-state index in [0.717, 1.165) is 49.3 Å². The second kappa shape index (κ2) is 7.52. The fourth-order valence-electron chi connectivity index (χ4n) is 5.72. The van der Waals surface area contributed by atoms with E-state index in [0.29, 0.717) is 12.6 Å². The highest BCUT2D eigenvalue weighted by molar-refractivity contribution is 5.46. The van der Waals surface area contributed by atoms with E-state index in [2.05, 4.69) is 35.1 Å². The van der Waals surface area contributed by atoms with Crippen LogP contribution < -0.4 is 9.47 Å². The van der Waals surface area contributed by atoms with Gasteiger partial charge in [0.05, 0.1) is 20.8 Å².